The van der Waals surface area contributed by atoms with E-state index in [0.717, 1.165) is 12.0 Å². The second-order valence-corrected chi connectivity index (χ2v) is 4.96. The minimum absolute atomic E-state index is 0.350. The molecule has 1 aromatic carbocycles. The lowest BCUT2D eigenvalue weighted by atomic mass is 10.0. The molecule has 0 aliphatic rings. The predicted octanol–water partition coefficient (Wildman–Crippen LogP) is 3.58. The Morgan fingerprint density at radius 1 is 1.06 bits per heavy atom. The summed E-state index contributed by atoms with van der Waals surface area (Å²) in [5.41, 5.74) is 2.34. The van der Waals surface area contributed by atoms with Crippen LogP contribution >= 0.6 is 0 Å². The minimum atomic E-state index is -4.12. The Bertz CT molecular complexity index is 341. The zero-order valence-electron chi connectivity index (χ0n) is 10.8. The topological polar surface area (TPSA) is 12.0 Å². The highest BCUT2D eigenvalue weighted by molar-refractivity contribution is 5.23. The summed E-state index contributed by atoms with van der Waals surface area (Å²) in [4.78, 5) is 0. The van der Waals surface area contributed by atoms with Crippen LogP contribution in [-0.2, 0) is 12.8 Å². The van der Waals surface area contributed by atoms with Crippen molar-refractivity contribution in [3.05, 3.63) is 35.4 Å². The molecule has 0 amide bonds. The molecule has 0 aliphatic carbocycles. The molecule has 0 aliphatic heterocycles. The lowest BCUT2D eigenvalue weighted by molar-refractivity contribution is -0.124. The maximum absolute atomic E-state index is 11.9. The number of rotatable bonds is 6. The van der Waals surface area contributed by atoms with Gasteiger partial charge in [-0.15, -0.1) is 0 Å². The normalized spacial score (nSPS) is 12.1. The molecule has 0 heterocycles. The van der Waals surface area contributed by atoms with E-state index in [4.69, 9.17) is 0 Å². The van der Waals surface area contributed by atoms with E-state index in [1.54, 1.807) is 0 Å². The maximum Gasteiger partial charge on any atom is 0.401 e. The van der Waals surface area contributed by atoms with Crippen molar-refractivity contribution in [1.82, 2.24) is 5.32 Å². The van der Waals surface area contributed by atoms with E-state index in [-0.39, 0.29) is 0 Å². The second kappa shape index (κ2) is 6.78. The van der Waals surface area contributed by atoms with Crippen LogP contribution in [0.15, 0.2) is 24.3 Å². The monoisotopic (exact) mass is 259 g/mol. The largest absolute Gasteiger partial charge is 0.401 e. The first-order valence-electron chi connectivity index (χ1n) is 6.22. The van der Waals surface area contributed by atoms with Crippen molar-refractivity contribution >= 4 is 0 Å². The molecule has 1 rings (SSSR count). The zero-order chi connectivity index (χ0) is 13.6. The number of halogens is 3. The Labute approximate surface area is 106 Å². The molecule has 0 fully saturated rings. The molecule has 0 aromatic heterocycles. The van der Waals surface area contributed by atoms with Crippen molar-refractivity contribution in [3.8, 4) is 0 Å². The van der Waals surface area contributed by atoms with Crippen LogP contribution in [0.4, 0.5) is 13.2 Å². The molecule has 0 saturated heterocycles. The highest BCUT2D eigenvalue weighted by Gasteiger charge is 2.25. The molecule has 1 nitrogen and oxygen atoms in total. The van der Waals surface area contributed by atoms with Crippen molar-refractivity contribution in [3.63, 3.8) is 0 Å². The molecule has 102 valence electrons. The summed E-state index contributed by atoms with van der Waals surface area (Å²) in [7, 11) is 0. The summed E-state index contributed by atoms with van der Waals surface area (Å²) in [6, 6.07) is 8.10. The zero-order valence-corrected chi connectivity index (χ0v) is 10.8. The average molecular weight is 259 g/mol. The highest BCUT2D eigenvalue weighted by atomic mass is 19.4. The first-order chi connectivity index (χ1) is 8.37. The van der Waals surface area contributed by atoms with E-state index in [2.05, 4.69) is 31.3 Å². The van der Waals surface area contributed by atoms with Gasteiger partial charge in [-0.25, -0.2) is 0 Å². The summed E-state index contributed by atoms with van der Waals surface area (Å²) in [6.07, 6.45) is -2.47. The van der Waals surface area contributed by atoms with E-state index in [1.165, 1.54) is 5.56 Å². The van der Waals surface area contributed by atoms with Gasteiger partial charge in [0, 0.05) is 0 Å². The fourth-order valence-corrected chi connectivity index (χ4v) is 1.78. The minimum Gasteiger partial charge on any atom is -0.308 e. The molecule has 0 saturated carbocycles. The summed E-state index contributed by atoms with van der Waals surface area (Å²) in [5, 5.41) is 2.40. The smallest absolute Gasteiger partial charge is 0.308 e. The molecule has 0 radical (unpaired) electrons. The van der Waals surface area contributed by atoms with Crippen LogP contribution in [-0.4, -0.2) is 19.3 Å². The second-order valence-electron chi connectivity index (χ2n) is 4.96. The Hall–Kier alpha value is -1.03. The summed E-state index contributed by atoms with van der Waals surface area (Å²) >= 11 is 0. The quantitative estimate of drug-likeness (QED) is 0.770. The fraction of sp³-hybridized carbons (Fsp3) is 0.571. The van der Waals surface area contributed by atoms with Crippen LogP contribution < -0.4 is 5.32 Å². The van der Waals surface area contributed by atoms with Gasteiger partial charge in [0.2, 0.25) is 0 Å². The van der Waals surface area contributed by atoms with E-state index >= 15 is 0 Å². The van der Waals surface area contributed by atoms with Crippen LogP contribution in [0, 0.1) is 5.92 Å². The van der Waals surface area contributed by atoms with E-state index in [9.17, 15) is 13.2 Å². The average Bonchev–Trinajstić information content (AvgIpc) is 2.24. The van der Waals surface area contributed by atoms with Gasteiger partial charge in [-0.3, -0.25) is 0 Å². The van der Waals surface area contributed by atoms with Gasteiger partial charge in [0.15, 0.2) is 0 Å². The number of hydrogen-bond donors (Lipinski definition) is 1. The third kappa shape index (κ3) is 6.64. The van der Waals surface area contributed by atoms with Crippen molar-refractivity contribution in [2.45, 2.75) is 32.9 Å². The van der Waals surface area contributed by atoms with Gasteiger partial charge in [0.25, 0.3) is 0 Å². The van der Waals surface area contributed by atoms with Crippen molar-refractivity contribution in [1.29, 1.82) is 0 Å². The maximum atomic E-state index is 11.9. The van der Waals surface area contributed by atoms with Gasteiger partial charge in [-0.1, -0.05) is 38.1 Å². The Morgan fingerprint density at radius 3 is 2.11 bits per heavy atom. The van der Waals surface area contributed by atoms with Gasteiger partial charge >= 0.3 is 6.18 Å². The molecular weight excluding hydrogens is 239 g/mol. The Kier molecular flexibility index (Phi) is 5.66. The third-order valence-corrected chi connectivity index (χ3v) is 2.58. The Morgan fingerprint density at radius 2 is 1.61 bits per heavy atom. The summed E-state index contributed by atoms with van der Waals surface area (Å²) < 4.78 is 35.7. The number of hydrogen-bond acceptors (Lipinski definition) is 1. The SMILES string of the molecule is CC(C)Cc1ccc(CCNCC(F)(F)F)cc1. The Balaban J connectivity index is 2.31. The standard InChI is InChI=1S/C14H20F3N/c1-11(2)9-13-5-3-12(4-6-13)7-8-18-10-14(15,16)17/h3-6,11,18H,7-10H2,1-2H3. The van der Waals surface area contributed by atoms with E-state index < -0.39 is 12.7 Å². The fourth-order valence-electron chi connectivity index (χ4n) is 1.78. The number of nitrogens with one attached hydrogen (secondary N) is 1. The summed E-state index contributed by atoms with van der Waals surface area (Å²) in [5.74, 6) is 0.615. The molecule has 0 bridgehead atoms. The van der Waals surface area contributed by atoms with Gasteiger partial charge in [0.05, 0.1) is 6.54 Å². The molecule has 1 aromatic rings. The molecule has 4 heteroatoms. The van der Waals surface area contributed by atoms with Crippen LogP contribution in [0.2, 0.25) is 0 Å². The molecule has 0 unspecified atom stereocenters. The molecular formula is C14H20F3N. The summed E-state index contributed by atoms with van der Waals surface area (Å²) in [6.45, 7) is 3.76. The third-order valence-electron chi connectivity index (χ3n) is 2.58. The number of alkyl halides is 3. The van der Waals surface area contributed by atoms with Crippen LogP contribution in [0.1, 0.15) is 25.0 Å². The first kappa shape index (κ1) is 15.0. The first-order valence-corrected chi connectivity index (χ1v) is 6.22. The van der Waals surface area contributed by atoms with Crippen LogP contribution in [0.25, 0.3) is 0 Å². The lowest BCUT2D eigenvalue weighted by Crippen LogP contribution is -2.30. The highest BCUT2D eigenvalue weighted by Crippen LogP contribution is 2.12. The van der Waals surface area contributed by atoms with Gasteiger partial charge in [-0.2, -0.15) is 13.2 Å². The predicted molar refractivity (Wildman–Crippen MR) is 67.6 cm³/mol. The van der Waals surface area contributed by atoms with Gasteiger partial charge in [0.1, 0.15) is 0 Å². The van der Waals surface area contributed by atoms with Gasteiger partial charge in [-0.05, 0) is 36.4 Å². The van der Waals surface area contributed by atoms with Crippen molar-refractivity contribution in [2.24, 2.45) is 5.92 Å². The van der Waals surface area contributed by atoms with Crippen LogP contribution in [0.5, 0.6) is 0 Å². The molecule has 0 spiro atoms. The van der Waals surface area contributed by atoms with Gasteiger partial charge < -0.3 is 5.32 Å². The lowest BCUT2D eigenvalue weighted by Gasteiger charge is -2.09. The molecule has 18 heavy (non-hydrogen) atoms. The number of benzene rings is 1. The van der Waals surface area contributed by atoms with Crippen molar-refractivity contribution in [2.75, 3.05) is 13.1 Å². The van der Waals surface area contributed by atoms with E-state index in [0.29, 0.717) is 18.9 Å². The molecule has 0 atom stereocenters. The van der Waals surface area contributed by atoms with Crippen LogP contribution in [0.3, 0.4) is 0 Å². The van der Waals surface area contributed by atoms with Crippen molar-refractivity contribution < 1.29 is 13.2 Å². The molecule has 1 N–H and O–H groups in total. The van der Waals surface area contributed by atoms with E-state index in [1.807, 2.05) is 12.1 Å².